The lowest BCUT2D eigenvalue weighted by Gasteiger charge is -2.13. The molecule has 0 heterocycles. The molecule has 3 rings (SSSR count). The highest BCUT2D eigenvalue weighted by Gasteiger charge is 2.48. The van der Waals surface area contributed by atoms with E-state index >= 15 is 0 Å². The molecule has 2 atom stereocenters. The Morgan fingerprint density at radius 3 is 2.72 bits per heavy atom. The zero-order valence-electron chi connectivity index (χ0n) is 10.4. The van der Waals surface area contributed by atoms with Crippen molar-refractivity contribution in [3.63, 3.8) is 0 Å². The van der Waals surface area contributed by atoms with Gasteiger partial charge in [-0.1, -0.05) is 12.1 Å². The maximum Gasteiger partial charge on any atom is 0.227 e. The molecular weight excluding hydrogens is 224 g/mol. The summed E-state index contributed by atoms with van der Waals surface area (Å²) in [5.41, 5.74) is 2.14. The molecule has 1 N–H and O–H groups in total. The number of nitrogens with zero attached hydrogens (tertiary/aromatic N) is 1. The fourth-order valence-electron chi connectivity index (χ4n) is 3.08. The number of rotatable bonds is 2. The SMILES string of the molecule is Cc1cccc(NC(=O)C2CC3CC3C2)c1C#N. The second-order valence-corrected chi connectivity index (χ2v) is 5.52. The standard InChI is InChI=1S/C15H16N2O/c1-9-3-2-4-14(13(9)8-16)17-15(18)12-6-10-5-11(10)7-12/h2-4,10-12H,5-7H2,1H3,(H,17,18). The molecule has 92 valence electrons. The predicted molar refractivity (Wildman–Crippen MR) is 68.8 cm³/mol. The van der Waals surface area contributed by atoms with Crippen molar-refractivity contribution in [1.82, 2.24) is 0 Å². The van der Waals surface area contributed by atoms with Gasteiger partial charge in [0.05, 0.1) is 11.3 Å². The Bertz CT molecular complexity index is 534. The summed E-state index contributed by atoms with van der Waals surface area (Å²) in [4.78, 5) is 12.1. The van der Waals surface area contributed by atoms with Crippen LogP contribution in [0.4, 0.5) is 5.69 Å². The van der Waals surface area contributed by atoms with Crippen LogP contribution in [0.25, 0.3) is 0 Å². The van der Waals surface area contributed by atoms with Crippen LogP contribution in [0.5, 0.6) is 0 Å². The van der Waals surface area contributed by atoms with Crippen molar-refractivity contribution < 1.29 is 4.79 Å². The fraction of sp³-hybridized carbons (Fsp3) is 0.467. The average molecular weight is 240 g/mol. The molecule has 0 bridgehead atoms. The van der Waals surface area contributed by atoms with Crippen LogP contribution in [0.2, 0.25) is 0 Å². The van der Waals surface area contributed by atoms with Crippen LogP contribution in [0.15, 0.2) is 18.2 Å². The van der Waals surface area contributed by atoms with Gasteiger partial charge in [-0.05, 0) is 49.7 Å². The normalized spacial score (nSPS) is 28.3. The van der Waals surface area contributed by atoms with E-state index in [9.17, 15) is 4.79 Å². The van der Waals surface area contributed by atoms with Gasteiger partial charge in [-0.25, -0.2) is 0 Å². The fourth-order valence-corrected chi connectivity index (χ4v) is 3.08. The first-order chi connectivity index (χ1) is 8.69. The predicted octanol–water partition coefficient (Wildman–Crippen LogP) is 2.85. The van der Waals surface area contributed by atoms with E-state index in [1.165, 1.54) is 6.42 Å². The zero-order valence-corrected chi connectivity index (χ0v) is 10.4. The molecule has 0 aliphatic heterocycles. The number of amides is 1. The van der Waals surface area contributed by atoms with Crippen molar-refractivity contribution in [3.8, 4) is 6.07 Å². The number of benzene rings is 1. The summed E-state index contributed by atoms with van der Waals surface area (Å²) in [5, 5.41) is 12.0. The molecule has 18 heavy (non-hydrogen) atoms. The Morgan fingerprint density at radius 1 is 1.33 bits per heavy atom. The van der Waals surface area contributed by atoms with Crippen molar-refractivity contribution in [2.45, 2.75) is 26.2 Å². The van der Waals surface area contributed by atoms with Crippen LogP contribution in [-0.2, 0) is 4.79 Å². The monoisotopic (exact) mass is 240 g/mol. The first kappa shape index (κ1) is 11.3. The van der Waals surface area contributed by atoms with Crippen molar-refractivity contribution in [3.05, 3.63) is 29.3 Å². The lowest BCUT2D eigenvalue weighted by atomic mass is 10.0. The molecule has 2 unspecified atom stereocenters. The highest BCUT2D eigenvalue weighted by Crippen LogP contribution is 2.54. The number of fused-ring (bicyclic) bond motifs is 1. The summed E-state index contributed by atoms with van der Waals surface area (Å²) in [6.45, 7) is 1.89. The third kappa shape index (κ3) is 1.88. The zero-order chi connectivity index (χ0) is 12.7. The summed E-state index contributed by atoms with van der Waals surface area (Å²) in [6, 6.07) is 7.73. The number of carbonyl (C=O) groups excluding carboxylic acids is 1. The molecule has 0 aromatic heterocycles. The van der Waals surface area contributed by atoms with Crippen LogP contribution in [-0.4, -0.2) is 5.91 Å². The Balaban J connectivity index is 1.74. The van der Waals surface area contributed by atoms with Crippen molar-refractivity contribution >= 4 is 11.6 Å². The number of nitrogens with one attached hydrogen (secondary N) is 1. The van der Waals surface area contributed by atoms with E-state index in [1.54, 1.807) is 6.07 Å². The third-order valence-electron chi connectivity index (χ3n) is 4.26. The van der Waals surface area contributed by atoms with Crippen molar-refractivity contribution in [2.75, 3.05) is 5.32 Å². The summed E-state index contributed by atoms with van der Waals surface area (Å²) < 4.78 is 0. The van der Waals surface area contributed by atoms with E-state index in [4.69, 9.17) is 5.26 Å². The van der Waals surface area contributed by atoms with E-state index < -0.39 is 0 Å². The topological polar surface area (TPSA) is 52.9 Å². The van der Waals surface area contributed by atoms with Gasteiger partial charge in [0.2, 0.25) is 5.91 Å². The lowest BCUT2D eigenvalue weighted by molar-refractivity contribution is -0.120. The minimum Gasteiger partial charge on any atom is -0.325 e. The van der Waals surface area contributed by atoms with Crippen LogP contribution in [0.3, 0.4) is 0 Å². The smallest absolute Gasteiger partial charge is 0.227 e. The molecule has 2 fully saturated rings. The van der Waals surface area contributed by atoms with Gasteiger partial charge in [0.1, 0.15) is 6.07 Å². The summed E-state index contributed by atoms with van der Waals surface area (Å²) in [6.07, 6.45) is 3.38. The second kappa shape index (κ2) is 4.13. The van der Waals surface area contributed by atoms with Gasteiger partial charge < -0.3 is 5.32 Å². The van der Waals surface area contributed by atoms with Gasteiger partial charge in [0, 0.05) is 5.92 Å². The molecule has 2 saturated carbocycles. The lowest BCUT2D eigenvalue weighted by Crippen LogP contribution is -2.22. The van der Waals surface area contributed by atoms with Crippen LogP contribution >= 0.6 is 0 Å². The van der Waals surface area contributed by atoms with E-state index in [0.29, 0.717) is 11.3 Å². The largest absolute Gasteiger partial charge is 0.325 e. The minimum absolute atomic E-state index is 0.0873. The molecule has 1 aromatic carbocycles. The summed E-state index contributed by atoms with van der Waals surface area (Å²) >= 11 is 0. The number of hydrogen-bond acceptors (Lipinski definition) is 2. The maximum atomic E-state index is 12.1. The number of aryl methyl sites for hydroxylation is 1. The molecule has 3 nitrogen and oxygen atoms in total. The van der Waals surface area contributed by atoms with E-state index in [0.717, 1.165) is 30.2 Å². The highest BCUT2D eigenvalue weighted by atomic mass is 16.1. The molecule has 1 aromatic rings. The summed E-state index contributed by atoms with van der Waals surface area (Å²) in [5.74, 6) is 1.84. The van der Waals surface area contributed by atoms with E-state index in [1.807, 2.05) is 19.1 Å². The third-order valence-corrected chi connectivity index (χ3v) is 4.26. The molecule has 0 saturated heterocycles. The van der Waals surface area contributed by atoms with Gasteiger partial charge in [0.15, 0.2) is 0 Å². The first-order valence-electron chi connectivity index (χ1n) is 6.49. The Labute approximate surface area is 107 Å². The van der Waals surface area contributed by atoms with Gasteiger partial charge in [-0.3, -0.25) is 4.79 Å². The second-order valence-electron chi connectivity index (χ2n) is 5.52. The maximum absolute atomic E-state index is 12.1. The molecule has 0 spiro atoms. The molecule has 3 heteroatoms. The first-order valence-corrected chi connectivity index (χ1v) is 6.49. The number of hydrogen-bond donors (Lipinski definition) is 1. The van der Waals surface area contributed by atoms with Gasteiger partial charge in [-0.15, -0.1) is 0 Å². The Hall–Kier alpha value is -1.82. The minimum atomic E-state index is 0.0873. The molecular formula is C15H16N2O. The van der Waals surface area contributed by atoms with Gasteiger partial charge in [-0.2, -0.15) is 5.26 Å². The number of nitriles is 1. The average Bonchev–Trinajstić information content (AvgIpc) is 2.96. The van der Waals surface area contributed by atoms with Gasteiger partial charge >= 0.3 is 0 Å². The van der Waals surface area contributed by atoms with E-state index in [2.05, 4.69) is 11.4 Å². The summed E-state index contributed by atoms with van der Waals surface area (Å²) in [7, 11) is 0. The van der Waals surface area contributed by atoms with Crippen LogP contribution in [0, 0.1) is 36.0 Å². The molecule has 2 aliphatic rings. The number of anilines is 1. The van der Waals surface area contributed by atoms with Crippen molar-refractivity contribution in [1.29, 1.82) is 5.26 Å². The number of carbonyl (C=O) groups is 1. The highest BCUT2D eigenvalue weighted by molar-refractivity contribution is 5.94. The van der Waals surface area contributed by atoms with E-state index in [-0.39, 0.29) is 11.8 Å². The molecule has 1 amide bonds. The molecule has 2 aliphatic carbocycles. The van der Waals surface area contributed by atoms with Crippen molar-refractivity contribution in [2.24, 2.45) is 17.8 Å². The quantitative estimate of drug-likeness (QED) is 0.864. The van der Waals surface area contributed by atoms with Crippen LogP contribution in [0.1, 0.15) is 30.4 Å². The van der Waals surface area contributed by atoms with Gasteiger partial charge in [0.25, 0.3) is 0 Å². The molecule has 0 radical (unpaired) electrons. The Kier molecular flexibility index (Phi) is 2.59. The van der Waals surface area contributed by atoms with Crippen LogP contribution < -0.4 is 5.32 Å². The Morgan fingerprint density at radius 2 is 2.06 bits per heavy atom.